The summed E-state index contributed by atoms with van der Waals surface area (Å²) < 4.78 is 4.69. The van der Waals surface area contributed by atoms with Crippen LogP contribution in [0, 0.1) is 0 Å². The third-order valence-corrected chi connectivity index (χ3v) is 3.68. The van der Waals surface area contributed by atoms with E-state index in [-0.39, 0.29) is 11.4 Å². The van der Waals surface area contributed by atoms with E-state index in [1.807, 2.05) is 26.0 Å². The molecular weight excluding hydrogens is 250 g/mol. The van der Waals surface area contributed by atoms with E-state index in [1.54, 1.807) is 0 Å². The lowest BCUT2D eigenvalue weighted by molar-refractivity contribution is -0.140. The van der Waals surface area contributed by atoms with E-state index in [9.17, 15) is 4.79 Å². The summed E-state index contributed by atoms with van der Waals surface area (Å²) in [6, 6.07) is 8.25. The van der Waals surface area contributed by atoms with Gasteiger partial charge in [-0.05, 0) is 11.6 Å². The van der Waals surface area contributed by atoms with Crippen molar-refractivity contribution in [1.82, 2.24) is 0 Å². The molecule has 0 N–H and O–H groups in total. The van der Waals surface area contributed by atoms with Crippen LogP contribution in [-0.2, 0) is 14.9 Å². The predicted octanol–water partition coefficient (Wildman–Crippen LogP) is 3.89. The van der Waals surface area contributed by atoms with Crippen molar-refractivity contribution < 1.29 is 9.53 Å². The highest BCUT2D eigenvalue weighted by Crippen LogP contribution is 2.46. The average Bonchev–Trinajstić information content (AvgIpc) is 2.67. The van der Waals surface area contributed by atoms with Crippen molar-refractivity contribution in [3.8, 4) is 0 Å². The first-order chi connectivity index (χ1) is 9.48. The normalized spacial score (nSPS) is 15.2. The zero-order chi connectivity index (χ0) is 15.3. The van der Waals surface area contributed by atoms with E-state index >= 15 is 0 Å². The maximum atomic E-state index is 11.3. The molecule has 0 saturated heterocycles. The summed E-state index contributed by atoms with van der Waals surface area (Å²) in [6.07, 6.45) is 0.375. The molecule has 0 radical (unpaired) electrons. The zero-order valence-electron chi connectivity index (χ0n) is 13.2. The Morgan fingerprint density at radius 3 is 2.50 bits per heavy atom. The monoisotopic (exact) mass is 275 g/mol. The van der Waals surface area contributed by atoms with Gasteiger partial charge in [-0.1, -0.05) is 52.5 Å². The minimum absolute atomic E-state index is 0.0767. The zero-order valence-corrected chi connectivity index (χ0v) is 13.2. The number of carbonyl (C=O) groups excluding carboxylic acids is 1. The molecule has 2 rings (SSSR count). The number of hydrogen-bond acceptors (Lipinski definition) is 3. The van der Waals surface area contributed by atoms with Crippen molar-refractivity contribution in [1.29, 1.82) is 0 Å². The van der Waals surface area contributed by atoms with Gasteiger partial charge in [0.15, 0.2) is 0 Å². The first kappa shape index (κ1) is 16.3. The number of ether oxygens (including phenoxy) is 1. The lowest BCUT2D eigenvalue weighted by atomic mass is 9.84. The van der Waals surface area contributed by atoms with Gasteiger partial charge in [0.25, 0.3) is 0 Å². The number of para-hydroxylation sites is 1. The van der Waals surface area contributed by atoms with Gasteiger partial charge in [-0.3, -0.25) is 4.79 Å². The molecule has 0 aliphatic carbocycles. The fraction of sp³-hybridized carbons (Fsp3) is 0.471. The summed E-state index contributed by atoms with van der Waals surface area (Å²) in [6.45, 7) is 13.1. The molecule has 0 amide bonds. The lowest BCUT2D eigenvalue weighted by Crippen LogP contribution is -2.27. The molecule has 0 saturated carbocycles. The van der Waals surface area contributed by atoms with Crippen molar-refractivity contribution in [3.05, 3.63) is 42.1 Å². The highest BCUT2D eigenvalue weighted by atomic mass is 16.5. The summed E-state index contributed by atoms with van der Waals surface area (Å²) >= 11 is 0. The third-order valence-electron chi connectivity index (χ3n) is 3.68. The molecule has 1 aliphatic rings. The lowest BCUT2D eigenvalue weighted by Gasteiger charge is -2.25. The van der Waals surface area contributed by atoms with Gasteiger partial charge in [0, 0.05) is 23.3 Å². The van der Waals surface area contributed by atoms with Gasteiger partial charge in [0.2, 0.25) is 0 Å². The van der Waals surface area contributed by atoms with Gasteiger partial charge in [0.05, 0.1) is 13.5 Å². The molecule has 0 bridgehead atoms. The summed E-state index contributed by atoms with van der Waals surface area (Å²) in [4.78, 5) is 13.4. The molecule has 3 nitrogen and oxygen atoms in total. The number of nitrogens with zero attached hydrogens (tertiary/aromatic N) is 1. The van der Waals surface area contributed by atoms with Crippen molar-refractivity contribution in [2.75, 3.05) is 18.6 Å². The number of benzene rings is 1. The van der Waals surface area contributed by atoms with Crippen molar-refractivity contribution in [3.63, 3.8) is 0 Å². The van der Waals surface area contributed by atoms with Gasteiger partial charge in [-0.2, -0.15) is 0 Å². The summed E-state index contributed by atoms with van der Waals surface area (Å²) in [5.41, 5.74) is 3.37. The van der Waals surface area contributed by atoms with E-state index in [0.29, 0.717) is 13.0 Å². The number of methoxy groups -OCH3 is 1. The minimum Gasteiger partial charge on any atom is -0.469 e. The SMILES string of the molecule is C=C1N(CCC(=O)OC)c2ccccc2C1(C)C.CC. The number of esters is 1. The number of allylic oxidation sites excluding steroid dienone is 1. The topological polar surface area (TPSA) is 29.5 Å². The van der Waals surface area contributed by atoms with Crippen LogP contribution in [0.1, 0.15) is 39.7 Å². The largest absolute Gasteiger partial charge is 0.469 e. The van der Waals surface area contributed by atoms with Gasteiger partial charge in [-0.15, -0.1) is 0 Å². The molecule has 3 heteroatoms. The molecule has 110 valence electrons. The predicted molar refractivity (Wildman–Crippen MR) is 83.9 cm³/mol. The van der Waals surface area contributed by atoms with Crippen LogP contribution < -0.4 is 4.90 Å². The number of rotatable bonds is 3. The van der Waals surface area contributed by atoms with E-state index in [1.165, 1.54) is 12.7 Å². The third kappa shape index (κ3) is 2.87. The van der Waals surface area contributed by atoms with Crippen LogP contribution in [0.25, 0.3) is 0 Å². The second-order valence-corrected chi connectivity index (χ2v) is 5.07. The molecule has 0 spiro atoms. The molecule has 1 heterocycles. The van der Waals surface area contributed by atoms with Crippen LogP contribution in [-0.4, -0.2) is 19.6 Å². The number of hydrogen-bond donors (Lipinski definition) is 0. The molecule has 1 aromatic carbocycles. The average molecular weight is 275 g/mol. The standard InChI is InChI=1S/C15H19NO2.C2H6/c1-11-15(2,3)12-7-5-6-8-13(12)16(11)10-9-14(17)18-4;1-2/h5-8H,1,9-10H2,2-4H3;1-2H3. The molecule has 0 fully saturated rings. The number of anilines is 1. The van der Waals surface area contributed by atoms with Crippen LogP contribution in [0.2, 0.25) is 0 Å². The van der Waals surface area contributed by atoms with E-state index in [2.05, 4.69) is 42.2 Å². The maximum absolute atomic E-state index is 11.3. The van der Waals surface area contributed by atoms with Gasteiger partial charge < -0.3 is 9.64 Å². The molecular formula is C17H25NO2. The maximum Gasteiger partial charge on any atom is 0.307 e. The van der Waals surface area contributed by atoms with E-state index in [4.69, 9.17) is 0 Å². The van der Waals surface area contributed by atoms with Crippen LogP contribution in [0.3, 0.4) is 0 Å². The molecule has 20 heavy (non-hydrogen) atoms. The van der Waals surface area contributed by atoms with Crippen LogP contribution in [0.4, 0.5) is 5.69 Å². The highest BCUT2D eigenvalue weighted by Gasteiger charge is 2.38. The molecule has 0 aromatic heterocycles. The summed E-state index contributed by atoms with van der Waals surface area (Å²) in [7, 11) is 1.42. The Morgan fingerprint density at radius 1 is 1.30 bits per heavy atom. The Kier molecular flexibility index (Phi) is 5.37. The van der Waals surface area contributed by atoms with E-state index < -0.39 is 0 Å². The fourth-order valence-corrected chi connectivity index (χ4v) is 2.44. The van der Waals surface area contributed by atoms with Crippen molar-refractivity contribution in [2.24, 2.45) is 0 Å². The second kappa shape index (κ2) is 6.60. The fourth-order valence-electron chi connectivity index (χ4n) is 2.44. The number of carbonyl (C=O) groups is 1. The minimum atomic E-state index is -0.190. The number of fused-ring (bicyclic) bond motifs is 1. The van der Waals surface area contributed by atoms with Crippen molar-refractivity contribution >= 4 is 11.7 Å². The Balaban J connectivity index is 0.000000956. The van der Waals surface area contributed by atoms with Gasteiger partial charge in [0.1, 0.15) is 0 Å². The van der Waals surface area contributed by atoms with Crippen LogP contribution in [0.5, 0.6) is 0 Å². The second-order valence-electron chi connectivity index (χ2n) is 5.07. The Hall–Kier alpha value is -1.77. The Bertz CT molecular complexity index is 492. The molecule has 0 atom stereocenters. The Morgan fingerprint density at radius 2 is 1.90 bits per heavy atom. The highest BCUT2D eigenvalue weighted by molar-refractivity contribution is 5.73. The summed E-state index contributed by atoms with van der Waals surface area (Å²) in [5.74, 6) is -0.190. The van der Waals surface area contributed by atoms with Gasteiger partial charge in [-0.25, -0.2) is 0 Å². The first-order valence-corrected chi connectivity index (χ1v) is 7.11. The van der Waals surface area contributed by atoms with Crippen LogP contribution in [0.15, 0.2) is 36.5 Å². The first-order valence-electron chi connectivity index (χ1n) is 7.11. The van der Waals surface area contributed by atoms with E-state index in [0.717, 1.165) is 11.4 Å². The molecule has 1 aliphatic heterocycles. The smallest absolute Gasteiger partial charge is 0.307 e. The Labute approximate surface area is 122 Å². The molecule has 1 aromatic rings. The summed E-state index contributed by atoms with van der Waals surface area (Å²) in [5, 5.41) is 0. The van der Waals surface area contributed by atoms with Crippen LogP contribution >= 0.6 is 0 Å². The van der Waals surface area contributed by atoms with Gasteiger partial charge >= 0.3 is 5.97 Å². The van der Waals surface area contributed by atoms with Crippen molar-refractivity contribution in [2.45, 2.75) is 39.5 Å². The quantitative estimate of drug-likeness (QED) is 0.784. The molecule has 0 unspecified atom stereocenters.